The first-order chi connectivity index (χ1) is 7.91. The van der Waals surface area contributed by atoms with E-state index in [2.05, 4.69) is 0 Å². The van der Waals surface area contributed by atoms with Crippen LogP contribution in [0.3, 0.4) is 0 Å². The number of aliphatic carboxylic acids is 1. The lowest BCUT2D eigenvalue weighted by Gasteiger charge is -2.15. The van der Waals surface area contributed by atoms with E-state index in [1.54, 1.807) is 0 Å². The first-order valence-electron chi connectivity index (χ1n) is 5.58. The second kappa shape index (κ2) is 6.03. The summed E-state index contributed by atoms with van der Waals surface area (Å²) in [7, 11) is 0. The number of carboxylic acids is 1. The Hall–Kier alpha value is -1.06. The number of carboxylic acid groups (broad SMARTS) is 1. The predicted molar refractivity (Wildman–Crippen MR) is 67.4 cm³/mol. The third kappa shape index (κ3) is 4.02. The second-order valence-corrected chi connectivity index (χ2v) is 4.67. The Balaban J connectivity index is 2.71. The van der Waals surface area contributed by atoms with Gasteiger partial charge in [-0.25, -0.2) is 0 Å². The number of aryl methyl sites for hydroxylation is 2. The van der Waals surface area contributed by atoms with E-state index in [0.717, 1.165) is 16.7 Å². The lowest BCUT2D eigenvalue weighted by Crippen LogP contribution is -2.03. The summed E-state index contributed by atoms with van der Waals surface area (Å²) in [5, 5.41) is 19.2. The molecular weight excluding hydrogens is 240 g/mol. The molecule has 0 radical (unpaired) electrons. The van der Waals surface area contributed by atoms with Gasteiger partial charge in [-0.15, -0.1) is 0 Å². The van der Waals surface area contributed by atoms with Gasteiger partial charge in [0.2, 0.25) is 0 Å². The highest BCUT2D eigenvalue weighted by Gasteiger charge is 2.12. The maximum absolute atomic E-state index is 10.4. The molecule has 0 aliphatic heterocycles. The Bertz CT molecular complexity index is 415. The van der Waals surface area contributed by atoms with Crippen LogP contribution in [0, 0.1) is 13.8 Å². The zero-order chi connectivity index (χ0) is 13.0. The van der Waals surface area contributed by atoms with Crippen molar-refractivity contribution >= 4 is 17.6 Å². The Morgan fingerprint density at radius 3 is 2.59 bits per heavy atom. The molecule has 0 aliphatic carbocycles. The molecule has 0 heterocycles. The first-order valence-corrected chi connectivity index (χ1v) is 5.96. The van der Waals surface area contributed by atoms with Gasteiger partial charge >= 0.3 is 5.97 Å². The molecule has 17 heavy (non-hydrogen) atoms. The lowest BCUT2D eigenvalue weighted by atomic mass is 9.97. The monoisotopic (exact) mass is 256 g/mol. The van der Waals surface area contributed by atoms with Gasteiger partial charge in [0.05, 0.1) is 6.10 Å². The van der Waals surface area contributed by atoms with Gasteiger partial charge in [0.15, 0.2) is 0 Å². The molecule has 0 aromatic heterocycles. The van der Waals surface area contributed by atoms with Crippen molar-refractivity contribution in [2.45, 2.75) is 39.2 Å². The number of halogens is 1. The molecule has 0 bridgehead atoms. The zero-order valence-electron chi connectivity index (χ0n) is 10.0. The van der Waals surface area contributed by atoms with Crippen LogP contribution in [0.25, 0.3) is 0 Å². The molecule has 0 spiro atoms. The molecular formula is C13H17ClO3. The third-order valence-corrected chi connectivity index (χ3v) is 3.18. The molecule has 0 aliphatic rings. The Morgan fingerprint density at radius 2 is 2.00 bits per heavy atom. The molecule has 0 saturated carbocycles. The predicted octanol–water partition coefficient (Wildman–Crippen LogP) is 3.25. The molecule has 2 N–H and O–H groups in total. The van der Waals surface area contributed by atoms with Crippen LogP contribution in [0.15, 0.2) is 12.1 Å². The standard InChI is InChI=1S/C13H17ClO3/c1-8-7-11(14)9(2)6-10(8)12(15)4-3-5-13(16)17/h6-7,12,15H,3-5H2,1-2H3,(H,16,17). The minimum atomic E-state index is -0.832. The van der Waals surface area contributed by atoms with Gasteiger partial charge in [0, 0.05) is 11.4 Å². The fourth-order valence-corrected chi connectivity index (χ4v) is 1.98. The van der Waals surface area contributed by atoms with Crippen molar-refractivity contribution in [3.63, 3.8) is 0 Å². The van der Waals surface area contributed by atoms with E-state index in [9.17, 15) is 9.90 Å². The number of carbonyl (C=O) groups is 1. The largest absolute Gasteiger partial charge is 0.481 e. The van der Waals surface area contributed by atoms with Crippen LogP contribution in [0.1, 0.15) is 42.1 Å². The Kier molecular flexibility index (Phi) is 4.97. The van der Waals surface area contributed by atoms with E-state index in [1.807, 2.05) is 26.0 Å². The van der Waals surface area contributed by atoms with E-state index in [1.165, 1.54) is 0 Å². The van der Waals surface area contributed by atoms with Gasteiger partial charge in [-0.1, -0.05) is 17.7 Å². The van der Waals surface area contributed by atoms with Crippen LogP contribution in [-0.4, -0.2) is 16.2 Å². The van der Waals surface area contributed by atoms with Gasteiger partial charge in [0.1, 0.15) is 0 Å². The van der Waals surface area contributed by atoms with Crippen LogP contribution in [0.2, 0.25) is 5.02 Å². The smallest absolute Gasteiger partial charge is 0.303 e. The number of hydrogen-bond acceptors (Lipinski definition) is 2. The molecule has 0 fully saturated rings. The van der Waals surface area contributed by atoms with Crippen molar-refractivity contribution in [2.75, 3.05) is 0 Å². The van der Waals surface area contributed by atoms with Crippen molar-refractivity contribution in [1.82, 2.24) is 0 Å². The Morgan fingerprint density at radius 1 is 1.35 bits per heavy atom. The number of benzene rings is 1. The summed E-state index contributed by atoms with van der Waals surface area (Å²) < 4.78 is 0. The summed E-state index contributed by atoms with van der Waals surface area (Å²) in [4.78, 5) is 10.4. The van der Waals surface area contributed by atoms with Crippen LogP contribution >= 0.6 is 11.6 Å². The molecule has 4 heteroatoms. The summed E-state index contributed by atoms with van der Waals surface area (Å²) in [5.41, 5.74) is 2.69. The van der Waals surface area contributed by atoms with Gasteiger partial charge in [-0.05, 0) is 49.4 Å². The molecule has 1 aromatic carbocycles. The number of aliphatic hydroxyl groups excluding tert-OH is 1. The highest BCUT2D eigenvalue weighted by molar-refractivity contribution is 6.31. The summed E-state index contributed by atoms with van der Waals surface area (Å²) >= 11 is 5.98. The van der Waals surface area contributed by atoms with E-state index >= 15 is 0 Å². The third-order valence-electron chi connectivity index (χ3n) is 2.77. The van der Waals surface area contributed by atoms with E-state index in [-0.39, 0.29) is 6.42 Å². The molecule has 1 rings (SSSR count). The fourth-order valence-electron chi connectivity index (χ4n) is 1.76. The minimum absolute atomic E-state index is 0.0860. The highest BCUT2D eigenvalue weighted by atomic mass is 35.5. The average molecular weight is 257 g/mol. The van der Waals surface area contributed by atoms with Crippen molar-refractivity contribution in [1.29, 1.82) is 0 Å². The molecule has 1 aromatic rings. The van der Waals surface area contributed by atoms with Crippen LogP contribution in [0.5, 0.6) is 0 Å². The normalized spacial score (nSPS) is 12.5. The van der Waals surface area contributed by atoms with E-state index in [0.29, 0.717) is 17.9 Å². The van der Waals surface area contributed by atoms with Crippen molar-refractivity contribution in [2.24, 2.45) is 0 Å². The van der Waals surface area contributed by atoms with Crippen molar-refractivity contribution < 1.29 is 15.0 Å². The molecule has 0 saturated heterocycles. The van der Waals surface area contributed by atoms with Crippen LogP contribution < -0.4 is 0 Å². The summed E-state index contributed by atoms with van der Waals surface area (Å²) in [6, 6.07) is 3.69. The lowest BCUT2D eigenvalue weighted by molar-refractivity contribution is -0.137. The fraction of sp³-hybridized carbons (Fsp3) is 0.462. The maximum Gasteiger partial charge on any atom is 0.303 e. The summed E-state index contributed by atoms with van der Waals surface area (Å²) in [5.74, 6) is -0.832. The quantitative estimate of drug-likeness (QED) is 0.850. The molecule has 1 atom stereocenters. The van der Waals surface area contributed by atoms with Crippen LogP contribution in [0.4, 0.5) is 0 Å². The van der Waals surface area contributed by atoms with Crippen molar-refractivity contribution in [3.05, 3.63) is 33.8 Å². The minimum Gasteiger partial charge on any atom is -0.481 e. The number of aliphatic hydroxyl groups is 1. The molecule has 3 nitrogen and oxygen atoms in total. The topological polar surface area (TPSA) is 57.5 Å². The number of rotatable bonds is 5. The molecule has 94 valence electrons. The zero-order valence-corrected chi connectivity index (χ0v) is 10.8. The average Bonchev–Trinajstić information content (AvgIpc) is 2.22. The molecule has 1 unspecified atom stereocenters. The summed E-state index contributed by atoms with van der Waals surface area (Å²) in [6.45, 7) is 3.77. The SMILES string of the molecule is Cc1cc(C(O)CCCC(=O)O)c(C)cc1Cl. The van der Waals surface area contributed by atoms with Gasteiger partial charge < -0.3 is 10.2 Å². The second-order valence-electron chi connectivity index (χ2n) is 4.26. The van der Waals surface area contributed by atoms with Gasteiger partial charge in [-0.3, -0.25) is 4.79 Å². The molecule has 0 amide bonds. The van der Waals surface area contributed by atoms with E-state index in [4.69, 9.17) is 16.7 Å². The van der Waals surface area contributed by atoms with Crippen molar-refractivity contribution in [3.8, 4) is 0 Å². The maximum atomic E-state index is 10.4. The Labute approximate surface area is 106 Å². The van der Waals surface area contributed by atoms with Crippen LogP contribution in [-0.2, 0) is 4.79 Å². The van der Waals surface area contributed by atoms with Gasteiger partial charge in [-0.2, -0.15) is 0 Å². The number of hydrogen-bond donors (Lipinski definition) is 2. The van der Waals surface area contributed by atoms with Gasteiger partial charge in [0.25, 0.3) is 0 Å². The highest BCUT2D eigenvalue weighted by Crippen LogP contribution is 2.27. The van der Waals surface area contributed by atoms with E-state index < -0.39 is 12.1 Å². The first kappa shape index (κ1) is 14.0. The summed E-state index contributed by atoms with van der Waals surface area (Å²) in [6.07, 6.45) is 0.388.